The predicted molar refractivity (Wildman–Crippen MR) is 121 cm³/mol. The number of aryl methyl sites for hydroxylation is 2. The summed E-state index contributed by atoms with van der Waals surface area (Å²) in [5.41, 5.74) is 3.87. The van der Waals surface area contributed by atoms with Gasteiger partial charge < -0.3 is 9.84 Å². The van der Waals surface area contributed by atoms with Crippen molar-refractivity contribution >= 4 is 34.6 Å². The number of aliphatic hydroxyl groups is 1. The van der Waals surface area contributed by atoms with E-state index in [-0.39, 0.29) is 25.6 Å². The smallest absolute Gasteiger partial charge is 0.308 e. The highest BCUT2D eigenvalue weighted by molar-refractivity contribution is 7.15. The number of aliphatic hydroxyl groups excluding tert-OH is 1. The fraction of sp³-hybridized carbons (Fsp3) is 0.364. The summed E-state index contributed by atoms with van der Waals surface area (Å²) < 4.78 is 7.26. The van der Waals surface area contributed by atoms with Gasteiger partial charge in [-0.3, -0.25) is 14.4 Å². The van der Waals surface area contributed by atoms with Crippen LogP contribution in [0.5, 0.6) is 0 Å². The quantitative estimate of drug-likeness (QED) is 0.443. The number of hydrogen-bond acceptors (Lipinski definition) is 7. The van der Waals surface area contributed by atoms with E-state index in [0.717, 1.165) is 33.2 Å². The zero-order valence-corrected chi connectivity index (χ0v) is 19.1. The Balaban J connectivity index is 1.85. The average molecular weight is 459 g/mol. The summed E-state index contributed by atoms with van der Waals surface area (Å²) in [5, 5.41) is 19.2. The third-order valence-corrected chi connectivity index (χ3v) is 6.73. The fourth-order valence-corrected chi connectivity index (χ4v) is 4.94. The molecule has 0 saturated heterocycles. The normalized spacial score (nSPS) is 15.1. The molecule has 31 heavy (non-hydrogen) atoms. The van der Waals surface area contributed by atoms with Crippen LogP contribution in [0, 0.1) is 20.8 Å². The van der Waals surface area contributed by atoms with Crippen LogP contribution in [-0.2, 0) is 9.53 Å². The van der Waals surface area contributed by atoms with Crippen LogP contribution in [-0.4, -0.2) is 44.8 Å². The molecule has 0 amide bonds. The zero-order chi connectivity index (χ0) is 22.1. The molecule has 0 radical (unpaired) electrons. The maximum absolute atomic E-state index is 12.5. The molecule has 0 aliphatic carbocycles. The lowest BCUT2D eigenvalue weighted by Crippen LogP contribution is -2.14. The van der Waals surface area contributed by atoms with Crippen molar-refractivity contribution in [3.63, 3.8) is 0 Å². The molecular weight excluding hydrogens is 436 g/mol. The van der Waals surface area contributed by atoms with E-state index >= 15 is 0 Å². The lowest BCUT2D eigenvalue weighted by atomic mass is 9.99. The van der Waals surface area contributed by atoms with E-state index in [1.165, 1.54) is 4.88 Å². The highest BCUT2D eigenvalue weighted by atomic mass is 35.5. The van der Waals surface area contributed by atoms with Gasteiger partial charge in [-0.05, 0) is 38.5 Å². The maximum Gasteiger partial charge on any atom is 0.308 e. The molecule has 7 nitrogen and oxygen atoms in total. The number of benzene rings is 1. The van der Waals surface area contributed by atoms with Crippen molar-refractivity contribution in [2.24, 2.45) is 4.99 Å². The SMILES string of the molecule is Cc1sc2c(c1C)C(c1ccc(Cl)cc1)=N[C@@H](CC(=O)OCCCO)c1nnc(C)n1-2. The van der Waals surface area contributed by atoms with Crippen LogP contribution in [0.1, 0.15) is 52.1 Å². The first-order valence-corrected chi connectivity index (χ1v) is 11.2. The Morgan fingerprint density at radius 2 is 1.97 bits per heavy atom. The highest BCUT2D eigenvalue weighted by Crippen LogP contribution is 2.39. The van der Waals surface area contributed by atoms with Crippen LogP contribution < -0.4 is 0 Å². The number of aliphatic imine (C=N–C) groups is 1. The molecule has 1 atom stereocenters. The maximum atomic E-state index is 12.5. The van der Waals surface area contributed by atoms with Gasteiger partial charge in [-0.15, -0.1) is 21.5 Å². The van der Waals surface area contributed by atoms with Gasteiger partial charge in [0.25, 0.3) is 0 Å². The molecule has 0 spiro atoms. The van der Waals surface area contributed by atoms with Crippen molar-refractivity contribution in [2.75, 3.05) is 13.2 Å². The molecule has 9 heteroatoms. The average Bonchev–Trinajstić information content (AvgIpc) is 3.21. The molecule has 1 aliphatic rings. The monoisotopic (exact) mass is 458 g/mol. The molecule has 3 aromatic rings. The number of nitrogens with zero attached hydrogens (tertiary/aromatic N) is 4. The minimum absolute atomic E-state index is 0.0259. The minimum atomic E-state index is -0.548. The Kier molecular flexibility index (Phi) is 6.22. The molecule has 2 aromatic heterocycles. The van der Waals surface area contributed by atoms with Crippen molar-refractivity contribution in [3.8, 4) is 5.00 Å². The van der Waals surface area contributed by atoms with E-state index in [1.54, 1.807) is 11.3 Å². The van der Waals surface area contributed by atoms with Crippen LogP contribution in [0.3, 0.4) is 0 Å². The summed E-state index contributed by atoms with van der Waals surface area (Å²) in [7, 11) is 0. The van der Waals surface area contributed by atoms with E-state index in [9.17, 15) is 4.79 Å². The molecule has 0 fully saturated rings. The van der Waals surface area contributed by atoms with Gasteiger partial charge in [-0.1, -0.05) is 23.7 Å². The summed E-state index contributed by atoms with van der Waals surface area (Å²) >= 11 is 7.78. The van der Waals surface area contributed by atoms with Gasteiger partial charge in [-0.2, -0.15) is 0 Å². The Morgan fingerprint density at radius 3 is 2.68 bits per heavy atom. The number of hydrogen-bond donors (Lipinski definition) is 1. The van der Waals surface area contributed by atoms with Gasteiger partial charge in [0.1, 0.15) is 16.9 Å². The van der Waals surface area contributed by atoms with E-state index in [0.29, 0.717) is 17.3 Å². The van der Waals surface area contributed by atoms with Gasteiger partial charge in [0.15, 0.2) is 5.82 Å². The highest BCUT2D eigenvalue weighted by Gasteiger charge is 2.32. The summed E-state index contributed by atoms with van der Waals surface area (Å²) in [6.07, 6.45) is 0.439. The topological polar surface area (TPSA) is 89.6 Å². The number of rotatable bonds is 6. The molecule has 0 saturated carbocycles. The molecule has 0 unspecified atom stereocenters. The van der Waals surface area contributed by atoms with E-state index in [4.69, 9.17) is 26.4 Å². The second-order valence-corrected chi connectivity index (χ2v) is 9.05. The summed E-state index contributed by atoms with van der Waals surface area (Å²) in [4.78, 5) is 18.7. The van der Waals surface area contributed by atoms with Crippen molar-refractivity contribution in [3.05, 3.63) is 62.5 Å². The standard InChI is InChI=1S/C22H23ClN4O3S/c1-12-13(2)31-22-19(12)20(15-5-7-16(23)8-6-15)24-17(11-18(29)30-10-4-9-28)21-26-25-14(3)27(21)22/h5-8,17,28H,4,9-11H2,1-3H3/t17-/m0/s1. The zero-order valence-electron chi connectivity index (χ0n) is 17.6. The minimum Gasteiger partial charge on any atom is -0.466 e. The Labute approximate surface area is 189 Å². The number of esters is 1. The molecule has 1 N–H and O–H groups in total. The van der Waals surface area contributed by atoms with Crippen LogP contribution in [0.15, 0.2) is 29.3 Å². The first-order valence-electron chi connectivity index (χ1n) is 10.0. The second-order valence-electron chi connectivity index (χ2n) is 7.41. The molecule has 1 aliphatic heterocycles. The number of aromatic nitrogens is 3. The van der Waals surface area contributed by atoms with Crippen molar-refractivity contribution in [1.29, 1.82) is 0 Å². The first kappa shape index (κ1) is 21.7. The Hall–Kier alpha value is -2.55. The van der Waals surface area contributed by atoms with Gasteiger partial charge in [-0.25, -0.2) is 0 Å². The number of fused-ring (bicyclic) bond motifs is 3. The third kappa shape index (κ3) is 4.15. The summed E-state index contributed by atoms with van der Waals surface area (Å²) in [6.45, 7) is 6.21. The van der Waals surface area contributed by atoms with Crippen molar-refractivity contribution in [1.82, 2.24) is 14.8 Å². The van der Waals surface area contributed by atoms with Crippen LogP contribution in [0.25, 0.3) is 5.00 Å². The molecule has 0 bridgehead atoms. The van der Waals surface area contributed by atoms with E-state index in [2.05, 4.69) is 24.0 Å². The molecule has 162 valence electrons. The van der Waals surface area contributed by atoms with Crippen molar-refractivity contribution in [2.45, 2.75) is 39.7 Å². The third-order valence-electron chi connectivity index (χ3n) is 5.28. The van der Waals surface area contributed by atoms with Crippen LogP contribution >= 0.6 is 22.9 Å². The van der Waals surface area contributed by atoms with Crippen LogP contribution in [0.4, 0.5) is 0 Å². The number of thiophene rings is 1. The first-order chi connectivity index (χ1) is 14.9. The number of ether oxygens (including phenoxy) is 1. The Morgan fingerprint density at radius 1 is 1.23 bits per heavy atom. The van der Waals surface area contributed by atoms with Gasteiger partial charge in [0.05, 0.1) is 18.7 Å². The lowest BCUT2D eigenvalue weighted by molar-refractivity contribution is -0.144. The number of carbonyl (C=O) groups excluding carboxylic acids is 1. The van der Waals surface area contributed by atoms with Gasteiger partial charge >= 0.3 is 5.97 Å². The van der Waals surface area contributed by atoms with Crippen molar-refractivity contribution < 1.29 is 14.6 Å². The molecule has 4 rings (SSSR count). The Bertz CT molecular complexity index is 1150. The number of carbonyl (C=O) groups is 1. The fourth-order valence-electron chi connectivity index (χ4n) is 3.60. The largest absolute Gasteiger partial charge is 0.466 e. The van der Waals surface area contributed by atoms with E-state index in [1.807, 2.05) is 35.8 Å². The predicted octanol–water partition coefficient (Wildman–Crippen LogP) is 4.12. The van der Waals surface area contributed by atoms with Crippen LogP contribution in [0.2, 0.25) is 5.02 Å². The lowest BCUT2D eigenvalue weighted by Gasteiger charge is -2.12. The summed E-state index contributed by atoms with van der Waals surface area (Å²) in [5.74, 6) is 0.967. The molecular formula is C22H23ClN4O3S. The molecule has 3 heterocycles. The molecule has 1 aromatic carbocycles. The van der Waals surface area contributed by atoms with Gasteiger partial charge in [0.2, 0.25) is 0 Å². The number of halogens is 1. The van der Waals surface area contributed by atoms with E-state index < -0.39 is 6.04 Å². The second kappa shape index (κ2) is 8.90. The summed E-state index contributed by atoms with van der Waals surface area (Å²) in [6, 6.07) is 7.00. The van der Waals surface area contributed by atoms with Gasteiger partial charge in [0, 0.05) is 34.1 Å².